The number of aromatic carboxylic acids is 1. The van der Waals surface area contributed by atoms with Crippen LogP contribution in [0.3, 0.4) is 0 Å². The van der Waals surface area contributed by atoms with E-state index in [0.29, 0.717) is 0 Å². The topological polar surface area (TPSA) is 127 Å². The van der Waals surface area contributed by atoms with Crippen LogP contribution in [-0.4, -0.2) is 30.4 Å². The highest BCUT2D eigenvalue weighted by Gasteiger charge is 2.13. The van der Waals surface area contributed by atoms with Crippen molar-refractivity contribution in [3.63, 3.8) is 0 Å². The van der Waals surface area contributed by atoms with Crippen molar-refractivity contribution in [1.29, 1.82) is 5.26 Å². The lowest BCUT2D eigenvalue weighted by atomic mass is 10.2. The van der Waals surface area contributed by atoms with Gasteiger partial charge in [0.25, 0.3) is 0 Å². The molecule has 17 heavy (non-hydrogen) atoms. The number of aromatic hydroxyl groups is 1. The van der Waals surface area contributed by atoms with Crippen LogP contribution < -0.4 is 4.72 Å². The second-order valence-corrected chi connectivity index (χ2v) is 4.78. The SMILES string of the molecule is N#CCS(=O)(=O)Nc1ccc(C(=O)O)c(O)c1. The van der Waals surface area contributed by atoms with E-state index >= 15 is 0 Å². The minimum absolute atomic E-state index is 0.0113. The Morgan fingerprint density at radius 1 is 1.47 bits per heavy atom. The molecule has 0 saturated carbocycles. The molecule has 90 valence electrons. The summed E-state index contributed by atoms with van der Waals surface area (Å²) in [6.07, 6.45) is 0. The fourth-order valence-corrected chi connectivity index (χ4v) is 1.80. The average Bonchev–Trinajstić information content (AvgIpc) is 2.15. The van der Waals surface area contributed by atoms with Crippen LogP contribution in [0.15, 0.2) is 18.2 Å². The third-order valence-electron chi connectivity index (χ3n) is 1.76. The van der Waals surface area contributed by atoms with Crippen molar-refractivity contribution in [1.82, 2.24) is 0 Å². The third kappa shape index (κ3) is 3.35. The minimum Gasteiger partial charge on any atom is -0.507 e. The van der Waals surface area contributed by atoms with Gasteiger partial charge in [-0.3, -0.25) is 4.72 Å². The van der Waals surface area contributed by atoms with Crippen molar-refractivity contribution in [3.8, 4) is 11.8 Å². The quantitative estimate of drug-likeness (QED) is 0.713. The number of nitrogens with one attached hydrogen (secondary N) is 1. The van der Waals surface area contributed by atoms with Gasteiger partial charge in [-0.25, -0.2) is 13.2 Å². The van der Waals surface area contributed by atoms with Gasteiger partial charge in [-0.1, -0.05) is 0 Å². The van der Waals surface area contributed by atoms with E-state index in [4.69, 9.17) is 10.4 Å². The molecule has 8 heteroatoms. The Kier molecular flexibility index (Phi) is 3.55. The Labute approximate surface area is 97.0 Å². The second kappa shape index (κ2) is 4.71. The number of carboxylic acids is 1. The molecule has 1 aromatic rings. The van der Waals surface area contributed by atoms with Gasteiger partial charge in [-0.2, -0.15) is 5.26 Å². The molecule has 0 unspecified atom stereocenters. The van der Waals surface area contributed by atoms with Gasteiger partial charge in [0.15, 0.2) is 5.75 Å². The Balaban J connectivity index is 3.01. The van der Waals surface area contributed by atoms with Gasteiger partial charge in [0.1, 0.15) is 11.3 Å². The highest BCUT2D eigenvalue weighted by Crippen LogP contribution is 2.22. The van der Waals surface area contributed by atoms with Crippen LogP contribution in [0.25, 0.3) is 0 Å². The van der Waals surface area contributed by atoms with Crippen LogP contribution in [0.2, 0.25) is 0 Å². The molecule has 0 fully saturated rings. The number of sulfonamides is 1. The normalized spacial score (nSPS) is 10.5. The number of phenols is 1. The van der Waals surface area contributed by atoms with Crippen LogP contribution >= 0.6 is 0 Å². The number of carbonyl (C=O) groups is 1. The van der Waals surface area contributed by atoms with Gasteiger partial charge >= 0.3 is 5.97 Å². The summed E-state index contributed by atoms with van der Waals surface area (Å²) in [7, 11) is -3.80. The van der Waals surface area contributed by atoms with E-state index in [1.807, 2.05) is 4.72 Å². The third-order valence-corrected chi connectivity index (χ3v) is 2.81. The summed E-state index contributed by atoms with van der Waals surface area (Å²) in [4.78, 5) is 10.6. The molecular formula is C9H8N2O5S. The molecule has 0 aliphatic heterocycles. The first-order chi connectivity index (χ1) is 7.85. The average molecular weight is 256 g/mol. The fourth-order valence-electron chi connectivity index (χ4n) is 1.08. The van der Waals surface area contributed by atoms with E-state index in [9.17, 15) is 18.3 Å². The van der Waals surface area contributed by atoms with Crippen molar-refractivity contribution >= 4 is 21.7 Å². The minimum atomic E-state index is -3.80. The van der Waals surface area contributed by atoms with Gasteiger partial charge in [0.2, 0.25) is 10.0 Å². The lowest BCUT2D eigenvalue weighted by molar-refractivity contribution is 0.0694. The van der Waals surface area contributed by atoms with Gasteiger partial charge < -0.3 is 10.2 Å². The van der Waals surface area contributed by atoms with E-state index in [2.05, 4.69) is 0 Å². The molecule has 3 N–H and O–H groups in total. The predicted molar refractivity (Wildman–Crippen MR) is 58.1 cm³/mol. The van der Waals surface area contributed by atoms with E-state index in [0.717, 1.165) is 12.1 Å². The zero-order chi connectivity index (χ0) is 13.1. The van der Waals surface area contributed by atoms with Gasteiger partial charge in [-0.05, 0) is 12.1 Å². The lowest BCUT2D eigenvalue weighted by Crippen LogP contribution is -2.15. The summed E-state index contributed by atoms with van der Waals surface area (Å²) in [6, 6.07) is 4.66. The summed E-state index contributed by atoms with van der Waals surface area (Å²) in [5.41, 5.74) is -0.351. The Bertz CT molecular complexity index is 588. The molecule has 1 rings (SSSR count). The standard InChI is InChI=1S/C9H8N2O5S/c10-3-4-17(15,16)11-6-1-2-7(9(13)14)8(12)5-6/h1-2,5,11-12H,4H2,(H,13,14). The number of carboxylic acid groups (broad SMARTS) is 1. The van der Waals surface area contributed by atoms with Crippen LogP contribution in [0.5, 0.6) is 5.75 Å². The lowest BCUT2D eigenvalue weighted by Gasteiger charge is -2.06. The molecule has 0 heterocycles. The summed E-state index contributed by atoms with van der Waals surface area (Å²) in [5, 5.41) is 26.2. The maximum atomic E-state index is 11.2. The van der Waals surface area contributed by atoms with E-state index in [1.165, 1.54) is 12.1 Å². The summed E-state index contributed by atoms with van der Waals surface area (Å²) in [5.74, 6) is -2.61. The highest BCUT2D eigenvalue weighted by molar-refractivity contribution is 7.92. The van der Waals surface area contributed by atoms with E-state index in [1.54, 1.807) is 0 Å². The first-order valence-corrected chi connectivity index (χ1v) is 5.94. The molecule has 0 amide bonds. The molecule has 0 aliphatic carbocycles. The molecule has 0 spiro atoms. The van der Waals surface area contributed by atoms with Crippen molar-refractivity contribution in [2.75, 3.05) is 10.5 Å². The largest absolute Gasteiger partial charge is 0.507 e. The summed E-state index contributed by atoms with van der Waals surface area (Å²) < 4.78 is 24.4. The van der Waals surface area contributed by atoms with Crippen molar-refractivity contribution in [2.24, 2.45) is 0 Å². The summed E-state index contributed by atoms with van der Waals surface area (Å²) in [6.45, 7) is 0. The number of hydrogen-bond donors (Lipinski definition) is 3. The van der Waals surface area contributed by atoms with E-state index < -0.39 is 27.5 Å². The van der Waals surface area contributed by atoms with E-state index in [-0.39, 0.29) is 11.3 Å². The zero-order valence-corrected chi connectivity index (χ0v) is 9.23. The zero-order valence-electron chi connectivity index (χ0n) is 8.41. The van der Waals surface area contributed by atoms with Crippen molar-refractivity contribution in [3.05, 3.63) is 23.8 Å². The smallest absolute Gasteiger partial charge is 0.339 e. The van der Waals surface area contributed by atoms with Gasteiger partial charge in [0.05, 0.1) is 11.8 Å². The molecule has 0 aromatic heterocycles. The number of rotatable bonds is 4. The number of benzene rings is 1. The number of nitriles is 1. The van der Waals surface area contributed by atoms with Gasteiger partial charge in [0, 0.05) is 6.07 Å². The molecule has 7 nitrogen and oxygen atoms in total. The molecule has 0 saturated heterocycles. The molecular weight excluding hydrogens is 248 g/mol. The van der Waals surface area contributed by atoms with Crippen molar-refractivity contribution in [2.45, 2.75) is 0 Å². The maximum absolute atomic E-state index is 11.2. The predicted octanol–water partition coefficient (Wildman–Crippen LogP) is 0.356. The maximum Gasteiger partial charge on any atom is 0.339 e. The number of hydrogen-bond acceptors (Lipinski definition) is 5. The molecule has 1 aromatic carbocycles. The van der Waals surface area contributed by atoms with Crippen LogP contribution in [0.4, 0.5) is 5.69 Å². The monoisotopic (exact) mass is 256 g/mol. The highest BCUT2D eigenvalue weighted by atomic mass is 32.2. The van der Waals surface area contributed by atoms with Crippen molar-refractivity contribution < 1.29 is 23.4 Å². The first kappa shape index (κ1) is 12.8. The van der Waals surface area contributed by atoms with Gasteiger partial charge in [-0.15, -0.1) is 0 Å². The Hall–Kier alpha value is -2.27. The fraction of sp³-hybridized carbons (Fsp3) is 0.111. The van der Waals surface area contributed by atoms with Crippen LogP contribution in [0.1, 0.15) is 10.4 Å². The molecule has 0 atom stereocenters. The number of nitrogens with zero attached hydrogens (tertiary/aromatic N) is 1. The number of anilines is 1. The Morgan fingerprint density at radius 3 is 2.59 bits per heavy atom. The Morgan fingerprint density at radius 2 is 2.12 bits per heavy atom. The van der Waals surface area contributed by atoms with Crippen LogP contribution in [-0.2, 0) is 10.0 Å². The molecule has 0 aliphatic rings. The second-order valence-electron chi connectivity index (χ2n) is 3.06. The molecule has 0 radical (unpaired) electrons. The molecule has 0 bridgehead atoms. The summed E-state index contributed by atoms with van der Waals surface area (Å²) >= 11 is 0. The van der Waals surface area contributed by atoms with Crippen LogP contribution in [0, 0.1) is 11.3 Å². The first-order valence-electron chi connectivity index (χ1n) is 4.29.